The molecule has 0 N–H and O–H groups in total. The minimum atomic E-state index is -0.246. The van der Waals surface area contributed by atoms with Crippen molar-refractivity contribution in [3.05, 3.63) is 34.5 Å². The second kappa shape index (κ2) is 4.06. The number of carbonyl (C=O) groups is 1. The number of fused-ring (bicyclic) bond motifs is 1. The van der Waals surface area contributed by atoms with E-state index < -0.39 is 0 Å². The van der Waals surface area contributed by atoms with E-state index in [1.165, 1.54) is 7.11 Å². The maximum absolute atomic E-state index is 11.1. The van der Waals surface area contributed by atoms with Crippen LogP contribution < -0.4 is 0 Å². The van der Waals surface area contributed by atoms with Crippen LogP contribution in [0.2, 0.25) is 0 Å². The fraction of sp³-hybridized carbons (Fsp3) is 0.182. The molecule has 78 valence electrons. The van der Waals surface area contributed by atoms with Gasteiger partial charge in [-0.05, 0) is 39.7 Å². The van der Waals surface area contributed by atoms with E-state index in [0.29, 0.717) is 0 Å². The molecule has 3 nitrogen and oxygen atoms in total. The van der Waals surface area contributed by atoms with E-state index in [2.05, 4.69) is 20.7 Å². The van der Waals surface area contributed by atoms with Crippen LogP contribution in [-0.2, 0) is 16.0 Å². The molecule has 1 aromatic carbocycles. The van der Waals surface area contributed by atoms with Gasteiger partial charge >= 0.3 is 5.97 Å². The number of furan rings is 1. The van der Waals surface area contributed by atoms with Crippen LogP contribution in [0.3, 0.4) is 0 Å². The van der Waals surface area contributed by atoms with Crippen LogP contribution in [0, 0.1) is 0 Å². The summed E-state index contributed by atoms with van der Waals surface area (Å²) in [5, 5.41) is 0.975. The molecule has 15 heavy (non-hydrogen) atoms. The SMILES string of the molecule is COC(=O)Cc1cc(Br)c2occc2c1. The van der Waals surface area contributed by atoms with E-state index in [-0.39, 0.29) is 12.4 Å². The molecule has 0 fully saturated rings. The van der Waals surface area contributed by atoms with Crippen LogP contribution in [0.15, 0.2) is 33.4 Å². The van der Waals surface area contributed by atoms with Crippen LogP contribution in [0.25, 0.3) is 11.0 Å². The van der Waals surface area contributed by atoms with Gasteiger partial charge in [-0.25, -0.2) is 0 Å². The molecule has 0 bridgehead atoms. The Morgan fingerprint density at radius 3 is 3.07 bits per heavy atom. The van der Waals surface area contributed by atoms with Crippen molar-refractivity contribution in [2.24, 2.45) is 0 Å². The van der Waals surface area contributed by atoms with Crippen molar-refractivity contribution in [3.63, 3.8) is 0 Å². The Bertz CT molecular complexity index is 502. The molecule has 0 saturated heterocycles. The molecule has 0 spiro atoms. The molecule has 2 aromatic rings. The van der Waals surface area contributed by atoms with E-state index in [0.717, 1.165) is 21.0 Å². The molecule has 0 aliphatic rings. The maximum Gasteiger partial charge on any atom is 0.309 e. The summed E-state index contributed by atoms with van der Waals surface area (Å²) in [6, 6.07) is 5.64. The van der Waals surface area contributed by atoms with E-state index in [9.17, 15) is 4.79 Å². The Labute approximate surface area is 95.1 Å². The number of esters is 1. The summed E-state index contributed by atoms with van der Waals surface area (Å²) in [7, 11) is 1.38. The molecule has 0 saturated carbocycles. The zero-order valence-corrected chi connectivity index (χ0v) is 9.71. The van der Waals surface area contributed by atoms with Crippen molar-refractivity contribution in [2.75, 3.05) is 7.11 Å². The molecule has 1 heterocycles. The summed E-state index contributed by atoms with van der Waals surface area (Å²) in [5.74, 6) is -0.246. The van der Waals surface area contributed by atoms with Crippen molar-refractivity contribution in [1.29, 1.82) is 0 Å². The third-order valence-corrected chi connectivity index (χ3v) is 2.73. The Morgan fingerprint density at radius 1 is 1.53 bits per heavy atom. The van der Waals surface area contributed by atoms with Crippen molar-refractivity contribution in [2.45, 2.75) is 6.42 Å². The highest BCUT2D eigenvalue weighted by molar-refractivity contribution is 9.10. The van der Waals surface area contributed by atoms with Crippen LogP contribution in [0.4, 0.5) is 0 Å². The lowest BCUT2D eigenvalue weighted by Crippen LogP contribution is -2.04. The molecule has 4 heteroatoms. The number of carbonyl (C=O) groups excluding carboxylic acids is 1. The molecular weight excluding hydrogens is 260 g/mol. The Morgan fingerprint density at radius 2 is 2.33 bits per heavy atom. The van der Waals surface area contributed by atoms with Crippen LogP contribution in [0.1, 0.15) is 5.56 Å². The molecule has 0 atom stereocenters. The third kappa shape index (κ3) is 2.04. The Kier molecular flexibility index (Phi) is 2.77. The van der Waals surface area contributed by atoms with Crippen molar-refractivity contribution >= 4 is 32.9 Å². The normalized spacial score (nSPS) is 10.5. The highest BCUT2D eigenvalue weighted by atomic mass is 79.9. The minimum absolute atomic E-state index is 0.246. The van der Waals surface area contributed by atoms with Crippen LogP contribution in [0.5, 0.6) is 0 Å². The zero-order chi connectivity index (χ0) is 10.8. The molecule has 0 radical (unpaired) electrons. The van der Waals surface area contributed by atoms with Gasteiger partial charge in [-0.2, -0.15) is 0 Å². The second-order valence-electron chi connectivity index (χ2n) is 3.17. The molecule has 0 unspecified atom stereocenters. The summed E-state index contributed by atoms with van der Waals surface area (Å²) in [5.41, 5.74) is 1.70. The van der Waals surface area contributed by atoms with Crippen molar-refractivity contribution in [3.8, 4) is 0 Å². The van der Waals surface area contributed by atoms with E-state index in [1.807, 2.05) is 18.2 Å². The lowest BCUT2D eigenvalue weighted by Gasteiger charge is -2.01. The van der Waals surface area contributed by atoms with Gasteiger partial charge in [0.2, 0.25) is 0 Å². The van der Waals surface area contributed by atoms with Crippen LogP contribution >= 0.6 is 15.9 Å². The number of methoxy groups -OCH3 is 1. The monoisotopic (exact) mass is 268 g/mol. The van der Waals surface area contributed by atoms with Gasteiger partial charge < -0.3 is 9.15 Å². The largest absolute Gasteiger partial charge is 0.469 e. The van der Waals surface area contributed by atoms with Crippen LogP contribution in [-0.4, -0.2) is 13.1 Å². The first-order valence-electron chi connectivity index (χ1n) is 4.43. The predicted molar refractivity (Wildman–Crippen MR) is 59.6 cm³/mol. The highest BCUT2D eigenvalue weighted by Crippen LogP contribution is 2.26. The summed E-state index contributed by atoms with van der Waals surface area (Å²) in [6.45, 7) is 0. The van der Waals surface area contributed by atoms with Gasteiger partial charge in [0.05, 0.1) is 24.3 Å². The smallest absolute Gasteiger partial charge is 0.309 e. The summed E-state index contributed by atoms with van der Waals surface area (Å²) >= 11 is 3.39. The average molecular weight is 269 g/mol. The average Bonchev–Trinajstić information content (AvgIpc) is 2.66. The van der Waals surface area contributed by atoms with Gasteiger partial charge in [-0.15, -0.1) is 0 Å². The van der Waals surface area contributed by atoms with Gasteiger partial charge in [0.15, 0.2) is 0 Å². The molecule has 0 aliphatic carbocycles. The van der Waals surface area contributed by atoms with Gasteiger partial charge in [-0.3, -0.25) is 4.79 Å². The van der Waals surface area contributed by atoms with Crippen molar-refractivity contribution < 1.29 is 13.9 Å². The first kappa shape index (κ1) is 10.2. The number of ether oxygens (including phenoxy) is 1. The van der Waals surface area contributed by atoms with E-state index in [1.54, 1.807) is 6.26 Å². The fourth-order valence-corrected chi connectivity index (χ4v) is 2.05. The number of hydrogen-bond donors (Lipinski definition) is 0. The number of hydrogen-bond acceptors (Lipinski definition) is 3. The summed E-state index contributed by atoms with van der Waals surface area (Å²) in [6.07, 6.45) is 1.90. The third-order valence-electron chi connectivity index (χ3n) is 2.14. The summed E-state index contributed by atoms with van der Waals surface area (Å²) < 4.78 is 10.7. The Balaban J connectivity index is 2.40. The second-order valence-corrected chi connectivity index (χ2v) is 4.02. The lowest BCUT2D eigenvalue weighted by atomic mass is 10.1. The standard InChI is InChI=1S/C11H9BrO3/c1-14-10(13)6-7-4-8-2-3-15-11(8)9(12)5-7/h2-5H,6H2,1H3. The van der Waals surface area contributed by atoms with Gasteiger partial charge in [0, 0.05) is 5.39 Å². The number of halogens is 1. The van der Waals surface area contributed by atoms with E-state index in [4.69, 9.17) is 4.42 Å². The lowest BCUT2D eigenvalue weighted by molar-refractivity contribution is -0.139. The first-order valence-corrected chi connectivity index (χ1v) is 5.22. The number of benzene rings is 1. The quantitative estimate of drug-likeness (QED) is 0.787. The molecule has 0 amide bonds. The molecular formula is C11H9BrO3. The van der Waals surface area contributed by atoms with Gasteiger partial charge in [0.1, 0.15) is 5.58 Å². The minimum Gasteiger partial charge on any atom is -0.469 e. The zero-order valence-electron chi connectivity index (χ0n) is 8.12. The fourth-order valence-electron chi connectivity index (χ4n) is 1.44. The van der Waals surface area contributed by atoms with Gasteiger partial charge in [-0.1, -0.05) is 0 Å². The van der Waals surface area contributed by atoms with Gasteiger partial charge in [0.25, 0.3) is 0 Å². The first-order chi connectivity index (χ1) is 7.20. The van der Waals surface area contributed by atoms with Crippen molar-refractivity contribution in [1.82, 2.24) is 0 Å². The summed E-state index contributed by atoms with van der Waals surface area (Å²) in [4.78, 5) is 11.1. The highest BCUT2D eigenvalue weighted by Gasteiger charge is 2.08. The molecule has 0 aliphatic heterocycles. The molecule has 1 aromatic heterocycles. The maximum atomic E-state index is 11.1. The topological polar surface area (TPSA) is 39.4 Å². The van der Waals surface area contributed by atoms with E-state index >= 15 is 0 Å². The predicted octanol–water partition coefficient (Wildman–Crippen LogP) is 2.91. The number of rotatable bonds is 2. The Hall–Kier alpha value is -1.29. The molecule has 2 rings (SSSR count).